The number of imidazole rings is 1. The third kappa shape index (κ3) is 5.28. The molecule has 12 heteroatoms. The van der Waals surface area contributed by atoms with E-state index in [2.05, 4.69) is 19.7 Å². The number of aromatic nitrogens is 4. The van der Waals surface area contributed by atoms with Gasteiger partial charge in [0, 0.05) is 24.3 Å². The summed E-state index contributed by atoms with van der Waals surface area (Å²) >= 11 is 0. The van der Waals surface area contributed by atoms with Gasteiger partial charge in [0.1, 0.15) is 6.61 Å². The lowest BCUT2D eigenvalue weighted by Gasteiger charge is -2.19. The van der Waals surface area contributed by atoms with Crippen molar-refractivity contribution in [2.24, 2.45) is 0 Å². The Bertz CT molecular complexity index is 1270. The predicted octanol–water partition coefficient (Wildman–Crippen LogP) is 4.77. The van der Waals surface area contributed by atoms with E-state index in [4.69, 9.17) is 0 Å². The van der Waals surface area contributed by atoms with Gasteiger partial charge < -0.3 is 14.3 Å². The number of H-pyrrole nitrogens is 1. The number of alkyl halides is 5. The van der Waals surface area contributed by atoms with Crippen molar-refractivity contribution in [3.8, 4) is 5.69 Å². The van der Waals surface area contributed by atoms with E-state index in [0.29, 0.717) is 22.3 Å². The molecule has 0 radical (unpaired) electrons. The number of aromatic amines is 1. The van der Waals surface area contributed by atoms with E-state index in [1.54, 1.807) is 6.07 Å². The molecule has 1 aromatic carbocycles. The molecule has 33 heavy (non-hydrogen) atoms. The molecule has 0 amide bonds. The smallest absolute Gasteiger partial charge is 0.370 e. The second-order valence-corrected chi connectivity index (χ2v) is 8.54. The van der Waals surface area contributed by atoms with E-state index < -0.39 is 36.1 Å². The van der Waals surface area contributed by atoms with Crippen molar-refractivity contribution in [2.75, 3.05) is 6.61 Å². The first kappa shape index (κ1) is 23.1. The number of fused-ring (bicyclic) bond motifs is 1. The minimum atomic E-state index is -5.68. The van der Waals surface area contributed by atoms with E-state index in [0.717, 1.165) is 5.69 Å². The number of halogens is 5. The van der Waals surface area contributed by atoms with E-state index in [9.17, 15) is 26.2 Å². The lowest BCUT2D eigenvalue weighted by molar-refractivity contribution is -0.297. The summed E-state index contributed by atoms with van der Waals surface area (Å²) in [6.07, 6.45) is -0.551. The third-order valence-electron chi connectivity index (χ3n) is 4.69. The van der Waals surface area contributed by atoms with Crippen LogP contribution in [0.15, 0.2) is 66.2 Å². The molecule has 4 aromatic rings. The molecule has 0 saturated carbocycles. The average Bonchev–Trinajstić information content (AvgIpc) is 3.42. The van der Waals surface area contributed by atoms with Crippen LogP contribution in [0.25, 0.3) is 16.7 Å². The summed E-state index contributed by atoms with van der Waals surface area (Å²) in [4.78, 5) is 11.5. The van der Waals surface area contributed by atoms with Gasteiger partial charge in [-0.25, -0.2) is 4.98 Å². The van der Waals surface area contributed by atoms with Gasteiger partial charge in [0.2, 0.25) is 0 Å². The first-order chi connectivity index (χ1) is 15.6. The number of hydrogen-bond donors (Lipinski definition) is 1. The van der Waals surface area contributed by atoms with Crippen LogP contribution >= 0.6 is 0 Å². The van der Waals surface area contributed by atoms with Crippen LogP contribution in [0, 0.1) is 0 Å². The fourth-order valence-corrected chi connectivity index (χ4v) is 4.01. The van der Waals surface area contributed by atoms with Gasteiger partial charge in [-0.2, -0.15) is 22.0 Å². The molecule has 6 nitrogen and oxygen atoms in total. The number of pyridine rings is 1. The molecule has 0 fully saturated rings. The molecule has 0 aliphatic rings. The summed E-state index contributed by atoms with van der Waals surface area (Å²) in [5.74, 6) is -4.97. The lowest BCUT2D eigenvalue weighted by Crippen LogP contribution is -2.40. The highest BCUT2D eigenvalue weighted by Crippen LogP contribution is 2.35. The van der Waals surface area contributed by atoms with Crippen LogP contribution in [0.5, 0.6) is 0 Å². The summed E-state index contributed by atoms with van der Waals surface area (Å²) < 4.78 is 81.8. The minimum absolute atomic E-state index is 0.0309. The molecule has 0 spiro atoms. The highest BCUT2D eigenvalue weighted by molar-refractivity contribution is 7.84. The molecule has 0 aliphatic heterocycles. The fourth-order valence-electron chi connectivity index (χ4n) is 3.03. The largest absolute Gasteiger partial charge is 0.455 e. The highest BCUT2D eigenvalue weighted by atomic mass is 32.2. The number of rotatable bonds is 8. The second kappa shape index (κ2) is 9.02. The van der Waals surface area contributed by atoms with Crippen LogP contribution in [-0.4, -0.2) is 42.4 Å². The van der Waals surface area contributed by atoms with E-state index in [1.807, 2.05) is 41.2 Å². The van der Waals surface area contributed by atoms with Crippen molar-refractivity contribution in [3.05, 3.63) is 72.3 Å². The van der Waals surface area contributed by atoms with Crippen LogP contribution in [0.1, 0.15) is 11.3 Å². The Morgan fingerprint density at radius 3 is 2.55 bits per heavy atom. The summed E-state index contributed by atoms with van der Waals surface area (Å²) in [6, 6.07) is 12.2. The molecule has 3 heterocycles. The maximum absolute atomic E-state index is 13.0. The molecular formula is C21H17F5N4O2S. The quantitative estimate of drug-likeness (QED) is 0.366. The van der Waals surface area contributed by atoms with Gasteiger partial charge in [-0.3, -0.25) is 9.19 Å². The Morgan fingerprint density at radius 2 is 1.82 bits per heavy atom. The van der Waals surface area contributed by atoms with Gasteiger partial charge in [-0.05, 0) is 48.0 Å². The molecule has 4 rings (SSSR count). The topological polar surface area (TPSA) is 72.8 Å². The summed E-state index contributed by atoms with van der Waals surface area (Å²) in [5, 5.41) is 0.239. The Labute approximate surface area is 186 Å². The Kier molecular flexibility index (Phi) is 6.30. The maximum Gasteiger partial charge on any atom is 0.455 e. The van der Waals surface area contributed by atoms with E-state index >= 15 is 0 Å². The molecular weight excluding hydrogens is 467 g/mol. The summed E-state index contributed by atoms with van der Waals surface area (Å²) in [6.45, 7) is -2.26. The third-order valence-corrected chi connectivity index (χ3v) is 5.87. The first-order valence-electron chi connectivity index (χ1n) is 9.60. The van der Waals surface area contributed by atoms with Gasteiger partial charge in [-0.15, -0.1) is 0 Å². The van der Waals surface area contributed by atoms with Gasteiger partial charge in [0.05, 0.1) is 39.9 Å². The Morgan fingerprint density at radius 1 is 1.06 bits per heavy atom. The number of benzene rings is 1. The first-order valence-corrected chi connectivity index (χ1v) is 10.9. The Hall–Kier alpha value is -3.12. The van der Waals surface area contributed by atoms with Gasteiger partial charge in [0.25, 0.3) is 0 Å². The SMILES string of the molecule is O=S(Cc1cc(COCC(F)(F)C(F)(F)F)ccn1)c1nc2ccc(-n3cccc3)cc2[nH]1. The van der Waals surface area contributed by atoms with Crippen molar-refractivity contribution in [1.29, 1.82) is 0 Å². The van der Waals surface area contributed by atoms with Gasteiger partial charge >= 0.3 is 12.1 Å². The molecule has 174 valence electrons. The van der Waals surface area contributed by atoms with Crippen LogP contribution < -0.4 is 0 Å². The predicted molar refractivity (Wildman–Crippen MR) is 110 cm³/mol. The fraction of sp³-hybridized carbons (Fsp3) is 0.238. The molecule has 0 aliphatic carbocycles. The molecule has 1 atom stereocenters. The van der Waals surface area contributed by atoms with Crippen LogP contribution in [0.4, 0.5) is 22.0 Å². The molecule has 1 unspecified atom stereocenters. The van der Waals surface area contributed by atoms with Crippen LogP contribution in [0.3, 0.4) is 0 Å². The molecule has 1 N–H and O–H groups in total. The van der Waals surface area contributed by atoms with Crippen molar-refractivity contribution >= 4 is 21.8 Å². The standard InChI is InChI=1S/C21H17F5N4O2S/c22-20(23,21(24,25)26)13-32-11-14-5-6-27-15(9-14)12-33(31)19-28-17-4-3-16(10-18(17)29-19)30-7-1-2-8-30/h1-10H,11-13H2,(H,28,29). The number of nitrogens with zero attached hydrogens (tertiary/aromatic N) is 3. The molecule has 0 bridgehead atoms. The second-order valence-electron chi connectivity index (χ2n) is 7.17. The van der Waals surface area contributed by atoms with Gasteiger partial charge in [-0.1, -0.05) is 0 Å². The zero-order valence-electron chi connectivity index (χ0n) is 16.9. The summed E-state index contributed by atoms with van der Waals surface area (Å²) in [7, 11) is -1.60. The number of hydrogen-bond acceptors (Lipinski definition) is 4. The molecule has 0 saturated heterocycles. The van der Waals surface area contributed by atoms with E-state index in [1.165, 1.54) is 18.3 Å². The minimum Gasteiger partial charge on any atom is -0.370 e. The van der Waals surface area contributed by atoms with Gasteiger partial charge in [0.15, 0.2) is 5.16 Å². The lowest BCUT2D eigenvalue weighted by atomic mass is 10.2. The zero-order valence-corrected chi connectivity index (χ0v) is 17.7. The highest BCUT2D eigenvalue weighted by Gasteiger charge is 2.57. The number of ether oxygens (including phenoxy) is 1. The maximum atomic E-state index is 13.0. The monoisotopic (exact) mass is 484 g/mol. The van der Waals surface area contributed by atoms with Crippen molar-refractivity contribution < 1.29 is 30.9 Å². The average molecular weight is 484 g/mol. The van der Waals surface area contributed by atoms with Crippen LogP contribution in [-0.2, 0) is 27.9 Å². The normalized spacial score (nSPS) is 13.5. The zero-order chi connectivity index (χ0) is 23.6. The van der Waals surface area contributed by atoms with E-state index in [-0.39, 0.29) is 10.9 Å². The van der Waals surface area contributed by atoms with Crippen LogP contribution in [0.2, 0.25) is 0 Å². The summed E-state index contributed by atoms with van der Waals surface area (Å²) in [5.41, 5.74) is 2.92. The van der Waals surface area contributed by atoms with Crippen molar-refractivity contribution in [3.63, 3.8) is 0 Å². The van der Waals surface area contributed by atoms with Crippen molar-refractivity contribution in [2.45, 2.75) is 29.6 Å². The number of nitrogens with one attached hydrogen (secondary N) is 1. The molecule has 3 aromatic heterocycles. The Balaban J connectivity index is 1.42. The van der Waals surface area contributed by atoms with Crippen molar-refractivity contribution in [1.82, 2.24) is 19.5 Å².